The molecular weight excluding hydrogens is 284 g/mol. The van der Waals surface area contributed by atoms with Crippen molar-refractivity contribution in [2.24, 2.45) is 17.8 Å². The summed E-state index contributed by atoms with van der Waals surface area (Å²) in [5.74, 6) is -1.20. The van der Waals surface area contributed by atoms with Crippen LogP contribution in [0.25, 0.3) is 0 Å². The number of Topliss-reactive ketones (excluding diaryl/α,β-unsaturated/α-hetero) is 1. The van der Waals surface area contributed by atoms with Gasteiger partial charge in [0, 0.05) is 5.57 Å². The summed E-state index contributed by atoms with van der Waals surface area (Å²) in [5.41, 5.74) is 0.543. The summed E-state index contributed by atoms with van der Waals surface area (Å²) >= 11 is 0. The highest BCUT2D eigenvalue weighted by Crippen LogP contribution is 2.13. The molecule has 0 aromatic carbocycles. The highest BCUT2D eigenvalue weighted by atomic mass is 16.5. The van der Waals surface area contributed by atoms with Gasteiger partial charge in [-0.15, -0.1) is 0 Å². The number of carbonyl (C=O) groups excluding carboxylic acids is 3. The Morgan fingerprint density at radius 2 is 1.41 bits per heavy atom. The molecule has 22 heavy (non-hydrogen) atoms. The van der Waals surface area contributed by atoms with Crippen LogP contribution in [0.1, 0.15) is 48.5 Å². The highest BCUT2D eigenvalue weighted by molar-refractivity contribution is 5.97. The van der Waals surface area contributed by atoms with E-state index in [1.165, 1.54) is 6.92 Å². The fourth-order valence-electron chi connectivity index (χ4n) is 1.60. The maximum absolute atomic E-state index is 11.2. The smallest absolute Gasteiger partial charge is 0.333 e. The van der Waals surface area contributed by atoms with Gasteiger partial charge in [-0.25, -0.2) is 4.79 Å². The van der Waals surface area contributed by atoms with E-state index in [1.54, 1.807) is 13.8 Å². The average Bonchev–Trinajstić information content (AvgIpc) is 2.38. The van der Waals surface area contributed by atoms with Crippen molar-refractivity contribution in [1.82, 2.24) is 0 Å². The number of esters is 2. The number of carbonyl (C=O) groups is 3. The molecule has 128 valence electrons. The molecule has 5 nitrogen and oxygen atoms in total. The maximum Gasteiger partial charge on any atom is 0.333 e. The number of hydrogen-bond donors (Lipinski definition) is 0. The second-order valence-corrected chi connectivity index (χ2v) is 5.48. The van der Waals surface area contributed by atoms with Gasteiger partial charge in [-0.2, -0.15) is 0 Å². The third-order valence-electron chi connectivity index (χ3n) is 2.88. The van der Waals surface area contributed by atoms with Gasteiger partial charge in [0.25, 0.3) is 0 Å². The van der Waals surface area contributed by atoms with Gasteiger partial charge in [-0.1, -0.05) is 34.3 Å². The van der Waals surface area contributed by atoms with E-state index in [-0.39, 0.29) is 23.6 Å². The standard InChI is InChI=1S/C9H16O3.C8H14O2/c1-5-12-9(11)8(6(2)3)7(4)10;1-5-10-8(9)7(4)6(2)3/h6,8H,5H2,1-4H3;6H,4-5H2,1-3H3. The van der Waals surface area contributed by atoms with Crippen LogP contribution in [0, 0.1) is 17.8 Å². The lowest BCUT2D eigenvalue weighted by molar-refractivity contribution is -0.152. The van der Waals surface area contributed by atoms with Crippen molar-refractivity contribution in [2.45, 2.75) is 48.5 Å². The largest absolute Gasteiger partial charge is 0.465 e. The van der Waals surface area contributed by atoms with Gasteiger partial charge >= 0.3 is 11.9 Å². The summed E-state index contributed by atoms with van der Waals surface area (Å²) in [5, 5.41) is 0. The molecule has 0 amide bonds. The minimum atomic E-state index is -0.593. The molecule has 0 heterocycles. The first kappa shape index (κ1) is 22.6. The van der Waals surface area contributed by atoms with Crippen molar-refractivity contribution >= 4 is 17.7 Å². The van der Waals surface area contributed by atoms with Gasteiger partial charge in [0.1, 0.15) is 11.7 Å². The Kier molecular flexibility index (Phi) is 12.3. The Balaban J connectivity index is 0. The van der Waals surface area contributed by atoms with Crippen LogP contribution in [0.5, 0.6) is 0 Å². The molecule has 0 saturated carbocycles. The van der Waals surface area contributed by atoms with Gasteiger partial charge in [0.15, 0.2) is 0 Å². The van der Waals surface area contributed by atoms with E-state index < -0.39 is 11.9 Å². The van der Waals surface area contributed by atoms with Crippen molar-refractivity contribution in [3.05, 3.63) is 12.2 Å². The van der Waals surface area contributed by atoms with Crippen molar-refractivity contribution < 1.29 is 23.9 Å². The first-order valence-electron chi connectivity index (χ1n) is 7.62. The van der Waals surface area contributed by atoms with Gasteiger partial charge in [0.2, 0.25) is 0 Å². The number of ketones is 1. The predicted molar refractivity (Wildman–Crippen MR) is 86.3 cm³/mol. The topological polar surface area (TPSA) is 69.7 Å². The van der Waals surface area contributed by atoms with Gasteiger partial charge in [-0.05, 0) is 32.6 Å². The van der Waals surface area contributed by atoms with E-state index in [0.717, 1.165) is 0 Å². The molecule has 0 aromatic rings. The fourth-order valence-corrected chi connectivity index (χ4v) is 1.60. The lowest BCUT2D eigenvalue weighted by Crippen LogP contribution is -2.28. The van der Waals surface area contributed by atoms with Crippen LogP contribution in [0.3, 0.4) is 0 Å². The van der Waals surface area contributed by atoms with Crippen LogP contribution < -0.4 is 0 Å². The number of ether oxygens (including phenoxy) is 2. The van der Waals surface area contributed by atoms with E-state index >= 15 is 0 Å². The van der Waals surface area contributed by atoms with Gasteiger partial charge in [-0.3, -0.25) is 9.59 Å². The molecule has 0 spiro atoms. The van der Waals surface area contributed by atoms with E-state index in [1.807, 2.05) is 27.7 Å². The third kappa shape index (κ3) is 9.32. The van der Waals surface area contributed by atoms with Crippen LogP contribution in [0.2, 0.25) is 0 Å². The zero-order valence-electron chi connectivity index (χ0n) is 14.9. The fraction of sp³-hybridized carbons (Fsp3) is 0.706. The van der Waals surface area contributed by atoms with Crippen LogP contribution in [0.15, 0.2) is 12.2 Å². The summed E-state index contributed by atoms with van der Waals surface area (Å²) in [6.45, 7) is 16.8. The maximum atomic E-state index is 11.2. The molecule has 0 radical (unpaired) electrons. The molecule has 0 fully saturated rings. The summed E-state index contributed by atoms with van der Waals surface area (Å²) < 4.78 is 9.49. The predicted octanol–water partition coefficient (Wildman–Crippen LogP) is 3.17. The second kappa shape index (κ2) is 12.0. The minimum absolute atomic E-state index is 0.0153. The van der Waals surface area contributed by atoms with Crippen molar-refractivity contribution in [1.29, 1.82) is 0 Å². The van der Waals surface area contributed by atoms with E-state index in [2.05, 4.69) is 6.58 Å². The lowest BCUT2D eigenvalue weighted by atomic mass is 9.92. The van der Waals surface area contributed by atoms with Crippen molar-refractivity contribution in [2.75, 3.05) is 13.2 Å². The van der Waals surface area contributed by atoms with Crippen LogP contribution in [0.4, 0.5) is 0 Å². The first-order chi connectivity index (χ1) is 10.1. The van der Waals surface area contributed by atoms with Crippen molar-refractivity contribution in [3.63, 3.8) is 0 Å². The lowest BCUT2D eigenvalue weighted by Gasteiger charge is -2.15. The monoisotopic (exact) mass is 314 g/mol. The van der Waals surface area contributed by atoms with Crippen LogP contribution >= 0.6 is 0 Å². The number of rotatable bonds is 7. The average molecular weight is 314 g/mol. The Hall–Kier alpha value is -1.65. The van der Waals surface area contributed by atoms with E-state index in [9.17, 15) is 14.4 Å². The van der Waals surface area contributed by atoms with Gasteiger partial charge < -0.3 is 9.47 Å². The third-order valence-corrected chi connectivity index (χ3v) is 2.88. The molecule has 0 saturated heterocycles. The van der Waals surface area contributed by atoms with Crippen LogP contribution in [-0.2, 0) is 23.9 Å². The Morgan fingerprint density at radius 1 is 0.955 bits per heavy atom. The van der Waals surface area contributed by atoms with E-state index in [4.69, 9.17) is 9.47 Å². The zero-order chi connectivity index (χ0) is 17.9. The summed E-state index contributed by atoms with van der Waals surface area (Å²) in [6.07, 6.45) is 0. The van der Waals surface area contributed by atoms with Gasteiger partial charge in [0.05, 0.1) is 13.2 Å². The second-order valence-electron chi connectivity index (χ2n) is 5.48. The van der Waals surface area contributed by atoms with Crippen molar-refractivity contribution in [3.8, 4) is 0 Å². The molecule has 0 aliphatic rings. The van der Waals surface area contributed by atoms with E-state index in [0.29, 0.717) is 18.8 Å². The first-order valence-corrected chi connectivity index (χ1v) is 7.62. The molecule has 5 heteroatoms. The zero-order valence-corrected chi connectivity index (χ0v) is 14.9. The molecule has 1 unspecified atom stereocenters. The highest BCUT2D eigenvalue weighted by Gasteiger charge is 2.27. The molecule has 0 aromatic heterocycles. The van der Waals surface area contributed by atoms with Crippen LogP contribution in [-0.4, -0.2) is 30.9 Å². The minimum Gasteiger partial charge on any atom is -0.465 e. The molecule has 0 N–H and O–H groups in total. The normalized spacial score (nSPS) is 11.3. The summed E-state index contributed by atoms with van der Waals surface area (Å²) in [7, 11) is 0. The molecule has 1 atom stereocenters. The molecule has 0 bridgehead atoms. The molecule has 0 aliphatic heterocycles. The Morgan fingerprint density at radius 3 is 1.68 bits per heavy atom. The molecule has 0 aliphatic carbocycles. The SMILES string of the molecule is C=C(C(=O)OCC)C(C)C.CCOC(=O)C(C(C)=O)C(C)C. The summed E-state index contributed by atoms with van der Waals surface area (Å²) in [6, 6.07) is 0. The quantitative estimate of drug-likeness (QED) is 0.410. The molecular formula is C17H30O5. The molecule has 0 rings (SSSR count). The summed E-state index contributed by atoms with van der Waals surface area (Å²) in [4.78, 5) is 33.0. The Bertz CT molecular complexity index is 383. The number of hydrogen-bond acceptors (Lipinski definition) is 5. The Labute approximate surface area is 134 Å².